The molecule has 0 heterocycles. The molecular formula is C24H42O4. The summed E-state index contributed by atoms with van der Waals surface area (Å²) in [6.45, 7) is 13.3. The van der Waals surface area contributed by atoms with Crippen molar-refractivity contribution < 1.29 is 19.1 Å². The number of carbonyl (C=O) groups is 2. The number of rotatable bonds is 7. The molecule has 0 aromatic carbocycles. The second-order valence-electron chi connectivity index (χ2n) is 10.2. The van der Waals surface area contributed by atoms with Crippen LogP contribution in [0.4, 0.5) is 0 Å². The van der Waals surface area contributed by atoms with Gasteiger partial charge in [-0.1, -0.05) is 54.4 Å². The van der Waals surface area contributed by atoms with E-state index < -0.39 is 0 Å². The quantitative estimate of drug-likeness (QED) is 0.514. The van der Waals surface area contributed by atoms with Crippen molar-refractivity contribution in [3.05, 3.63) is 0 Å². The maximum Gasteiger partial charge on any atom is 0.306 e. The first kappa shape index (κ1) is 23.2. The zero-order valence-corrected chi connectivity index (χ0v) is 18.9. The molecule has 0 aromatic rings. The van der Waals surface area contributed by atoms with Gasteiger partial charge in [0.2, 0.25) is 0 Å². The third-order valence-electron chi connectivity index (χ3n) is 7.02. The molecule has 0 unspecified atom stereocenters. The van der Waals surface area contributed by atoms with Gasteiger partial charge in [-0.15, -0.1) is 0 Å². The highest BCUT2D eigenvalue weighted by Gasteiger charge is 2.35. The Morgan fingerprint density at radius 2 is 1.07 bits per heavy atom. The van der Waals surface area contributed by atoms with Crippen molar-refractivity contribution in [2.24, 2.45) is 35.5 Å². The molecule has 28 heavy (non-hydrogen) atoms. The summed E-state index contributed by atoms with van der Waals surface area (Å²) in [6.07, 6.45) is 6.79. The van der Waals surface area contributed by atoms with Gasteiger partial charge in [-0.25, -0.2) is 0 Å². The van der Waals surface area contributed by atoms with E-state index in [-0.39, 0.29) is 37.0 Å². The largest absolute Gasteiger partial charge is 0.462 e. The lowest BCUT2D eigenvalue weighted by Gasteiger charge is -2.37. The van der Waals surface area contributed by atoms with E-state index in [0.29, 0.717) is 35.5 Å². The van der Waals surface area contributed by atoms with Crippen LogP contribution in [0.15, 0.2) is 0 Å². The minimum Gasteiger partial charge on any atom is -0.462 e. The van der Waals surface area contributed by atoms with E-state index in [2.05, 4.69) is 41.5 Å². The summed E-state index contributed by atoms with van der Waals surface area (Å²) in [5, 5.41) is 0. The molecule has 0 spiro atoms. The summed E-state index contributed by atoms with van der Waals surface area (Å²) >= 11 is 0. The molecule has 0 aliphatic heterocycles. The highest BCUT2D eigenvalue weighted by Crippen LogP contribution is 2.36. The van der Waals surface area contributed by atoms with Crippen LogP contribution in [0, 0.1) is 35.5 Å². The number of hydrogen-bond acceptors (Lipinski definition) is 4. The van der Waals surface area contributed by atoms with Crippen LogP contribution in [0.1, 0.15) is 92.9 Å². The highest BCUT2D eigenvalue weighted by molar-refractivity contribution is 5.77. The maximum absolute atomic E-state index is 12.4. The molecule has 4 heteroatoms. The molecular weight excluding hydrogens is 352 g/mol. The van der Waals surface area contributed by atoms with Gasteiger partial charge >= 0.3 is 11.9 Å². The Bertz CT molecular complexity index is 467. The molecule has 0 bridgehead atoms. The van der Waals surface area contributed by atoms with Gasteiger partial charge in [0.25, 0.3) is 0 Å². The van der Waals surface area contributed by atoms with Crippen LogP contribution < -0.4 is 0 Å². The van der Waals surface area contributed by atoms with E-state index in [9.17, 15) is 9.59 Å². The summed E-state index contributed by atoms with van der Waals surface area (Å²) in [6, 6.07) is 0. The van der Waals surface area contributed by atoms with Crippen molar-refractivity contribution in [1.82, 2.24) is 0 Å². The van der Waals surface area contributed by atoms with Crippen LogP contribution in [0.2, 0.25) is 0 Å². The van der Waals surface area contributed by atoms with Crippen LogP contribution in [0.25, 0.3) is 0 Å². The Morgan fingerprint density at radius 3 is 1.39 bits per heavy atom. The van der Waals surface area contributed by atoms with E-state index >= 15 is 0 Å². The van der Waals surface area contributed by atoms with Crippen molar-refractivity contribution in [2.75, 3.05) is 0 Å². The monoisotopic (exact) mass is 394 g/mol. The normalized spacial score (nSPS) is 33.7. The molecule has 2 fully saturated rings. The first-order valence-corrected chi connectivity index (χ1v) is 11.6. The van der Waals surface area contributed by atoms with Crippen molar-refractivity contribution >= 4 is 11.9 Å². The summed E-state index contributed by atoms with van der Waals surface area (Å²) in [5.74, 6) is 2.58. The minimum atomic E-state index is -0.251. The topological polar surface area (TPSA) is 52.6 Å². The van der Waals surface area contributed by atoms with Gasteiger partial charge in [0.15, 0.2) is 0 Å². The predicted octanol–water partition coefficient (Wildman–Crippen LogP) is 5.77. The zero-order chi connectivity index (χ0) is 20.8. The van der Waals surface area contributed by atoms with Crippen LogP contribution in [-0.4, -0.2) is 24.1 Å². The molecule has 4 nitrogen and oxygen atoms in total. The minimum absolute atomic E-state index is 0.00298. The molecule has 2 aliphatic carbocycles. The van der Waals surface area contributed by atoms with E-state index in [4.69, 9.17) is 9.47 Å². The Balaban J connectivity index is 1.80. The Kier molecular flexibility index (Phi) is 8.82. The number of ether oxygens (including phenoxy) is 2. The molecule has 6 atom stereocenters. The predicted molar refractivity (Wildman–Crippen MR) is 112 cm³/mol. The molecule has 0 N–H and O–H groups in total. The summed E-state index contributed by atoms with van der Waals surface area (Å²) in [7, 11) is 0. The number of esters is 2. The molecule has 2 rings (SSSR count). The summed E-state index contributed by atoms with van der Waals surface area (Å²) < 4.78 is 11.6. The standard InChI is InChI=1S/C24H42O4/c1-15(2)19-9-7-17(5)13-21(19)27-23(25)11-12-24(26)28-22-14-18(6)8-10-20(22)16(3)4/h15-22H,7-14H2,1-6H3/t17-,18+,19-,20+,21-,22+. The lowest BCUT2D eigenvalue weighted by atomic mass is 9.75. The van der Waals surface area contributed by atoms with Crippen molar-refractivity contribution in [1.29, 1.82) is 0 Å². The van der Waals surface area contributed by atoms with Gasteiger partial charge in [0.05, 0.1) is 12.8 Å². The molecule has 2 saturated carbocycles. The smallest absolute Gasteiger partial charge is 0.306 e. The van der Waals surface area contributed by atoms with Gasteiger partial charge in [-0.3, -0.25) is 9.59 Å². The second-order valence-corrected chi connectivity index (χ2v) is 10.2. The van der Waals surface area contributed by atoms with Crippen LogP contribution in [-0.2, 0) is 19.1 Å². The van der Waals surface area contributed by atoms with Gasteiger partial charge < -0.3 is 9.47 Å². The van der Waals surface area contributed by atoms with E-state index in [0.717, 1.165) is 25.7 Å². The van der Waals surface area contributed by atoms with E-state index in [1.165, 1.54) is 12.8 Å². The average molecular weight is 395 g/mol. The SMILES string of the molecule is CC(C)[C@H]1CC[C@@H](C)C[C@H]1OC(=O)CCC(=O)O[C@H]1C[C@@H](C)CC[C@H]1C(C)C. The fourth-order valence-electron chi connectivity index (χ4n) is 5.16. The molecule has 0 radical (unpaired) electrons. The van der Waals surface area contributed by atoms with Crippen molar-refractivity contribution in [2.45, 2.75) is 105 Å². The first-order valence-electron chi connectivity index (χ1n) is 11.6. The first-order chi connectivity index (χ1) is 13.2. The molecule has 0 amide bonds. The van der Waals surface area contributed by atoms with E-state index in [1.807, 2.05) is 0 Å². The lowest BCUT2D eigenvalue weighted by molar-refractivity contribution is -0.163. The second kappa shape index (κ2) is 10.6. The lowest BCUT2D eigenvalue weighted by Crippen LogP contribution is -2.36. The zero-order valence-electron chi connectivity index (χ0n) is 18.9. The van der Waals surface area contributed by atoms with Gasteiger partial charge in [0, 0.05) is 0 Å². The number of carbonyl (C=O) groups excluding carboxylic acids is 2. The van der Waals surface area contributed by atoms with Crippen molar-refractivity contribution in [3.8, 4) is 0 Å². The average Bonchev–Trinajstić information content (AvgIpc) is 2.59. The highest BCUT2D eigenvalue weighted by atomic mass is 16.6. The van der Waals surface area contributed by atoms with E-state index in [1.54, 1.807) is 0 Å². The maximum atomic E-state index is 12.4. The van der Waals surface area contributed by atoms with Crippen molar-refractivity contribution in [3.63, 3.8) is 0 Å². The van der Waals surface area contributed by atoms with Gasteiger partial charge in [0.1, 0.15) is 12.2 Å². The molecule has 2 aliphatic rings. The molecule has 0 saturated heterocycles. The number of hydrogen-bond donors (Lipinski definition) is 0. The molecule has 0 aromatic heterocycles. The Morgan fingerprint density at radius 1 is 0.714 bits per heavy atom. The van der Waals surface area contributed by atoms with Gasteiger partial charge in [-0.05, 0) is 61.2 Å². The third kappa shape index (κ3) is 6.77. The van der Waals surface area contributed by atoms with Crippen LogP contribution in [0.3, 0.4) is 0 Å². The third-order valence-corrected chi connectivity index (χ3v) is 7.02. The van der Waals surface area contributed by atoms with Crippen LogP contribution in [0.5, 0.6) is 0 Å². The summed E-state index contributed by atoms with van der Waals surface area (Å²) in [4.78, 5) is 24.8. The fraction of sp³-hybridized carbons (Fsp3) is 0.917. The van der Waals surface area contributed by atoms with Gasteiger partial charge in [-0.2, -0.15) is 0 Å². The molecule has 162 valence electrons. The Labute approximate surface area is 172 Å². The Hall–Kier alpha value is -1.06. The van der Waals surface area contributed by atoms with Crippen LogP contribution >= 0.6 is 0 Å². The fourth-order valence-corrected chi connectivity index (χ4v) is 5.16. The summed E-state index contributed by atoms with van der Waals surface area (Å²) in [5.41, 5.74) is 0.